The molecule has 1 rings (SSSR count). The van der Waals surface area contributed by atoms with Gasteiger partial charge in [0.1, 0.15) is 0 Å². The summed E-state index contributed by atoms with van der Waals surface area (Å²) < 4.78 is 2.16. The van der Waals surface area contributed by atoms with Gasteiger partial charge in [-0.05, 0) is 6.42 Å². The van der Waals surface area contributed by atoms with Crippen LogP contribution in [0.3, 0.4) is 0 Å². The average molecular weight is 222 g/mol. The van der Waals surface area contributed by atoms with E-state index in [2.05, 4.69) is 32.0 Å². The molecular weight excluding hydrogens is 215 g/mol. The monoisotopic (exact) mass is 222 g/mol. The van der Waals surface area contributed by atoms with Gasteiger partial charge >= 0.3 is 0 Å². The quantitative estimate of drug-likeness (QED) is 0.454. The lowest BCUT2D eigenvalue weighted by Gasteiger charge is -1.99. The van der Waals surface area contributed by atoms with Gasteiger partial charge in [-0.2, -0.15) is 5.26 Å². The van der Waals surface area contributed by atoms with Crippen molar-refractivity contribution in [2.45, 2.75) is 6.42 Å². The van der Waals surface area contributed by atoms with Gasteiger partial charge in [-0.25, -0.2) is 3.11 Å². The summed E-state index contributed by atoms with van der Waals surface area (Å²) in [5.74, 6) is 0.298. The molecule has 0 N–H and O–H groups in total. The lowest BCUT2D eigenvalue weighted by Crippen LogP contribution is -2.05. The zero-order valence-corrected chi connectivity index (χ0v) is 6.63. The standard InChI is InChI=1S/C5H7IN2/c6-8-2-1-5(3-7)4-8/h5H,1-2,4H2/t5-/m0/s1. The topological polar surface area (TPSA) is 27.0 Å². The third-order valence-corrected chi connectivity index (χ3v) is 2.20. The van der Waals surface area contributed by atoms with Gasteiger partial charge in [0.2, 0.25) is 0 Å². The van der Waals surface area contributed by atoms with Gasteiger partial charge in [-0.1, -0.05) is 0 Å². The molecule has 0 unspecified atom stereocenters. The minimum atomic E-state index is 0.298. The first-order chi connectivity index (χ1) is 3.83. The number of hydrogen-bond acceptors (Lipinski definition) is 2. The van der Waals surface area contributed by atoms with Gasteiger partial charge in [0.25, 0.3) is 0 Å². The fraction of sp³-hybridized carbons (Fsp3) is 0.800. The molecule has 0 bridgehead atoms. The van der Waals surface area contributed by atoms with E-state index in [9.17, 15) is 0 Å². The Labute approximate surface area is 63.0 Å². The van der Waals surface area contributed by atoms with Crippen molar-refractivity contribution in [2.75, 3.05) is 13.1 Å². The Kier molecular flexibility index (Phi) is 2.08. The molecule has 0 aliphatic carbocycles. The van der Waals surface area contributed by atoms with Crippen molar-refractivity contribution in [3.8, 4) is 6.07 Å². The summed E-state index contributed by atoms with van der Waals surface area (Å²) in [5, 5.41) is 8.40. The molecule has 0 spiro atoms. The number of halogens is 1. The Hall–Kier alpha value is 0.180. The van der Waals surface area contributed by atoms with Crippen molar-refractivity contribution in [2.24, 2.45) is 5.92 Å². The second-order valence-electron chi connectivity index (χ2n) is 1.98. The molecule has 3 heteroatoms. The minimum absolute atomic E-state index is 0.298. The van der Waals surface area contributed by atoms with Crippen LogP contribution in [-0.2, 0) is 0 Å². The molecule has 2 nitrogen and oxygen atoms in total. The maximum atomic E-state index is 8.40. The molecule has 1 heterocycles. The molecule has 8 heavy (non-hydrogen) atoms. The van der Waals surface area contributed by atoms with Crippen molar-refractivity contribution in [1.29, 1.82) is 5.26 Å². The van der Waals surface area contributed by atoms with Crippen molar-refractivity contribution in [3.63, 3.8) is 0 Å². The maximum absolute atomic E-state index is 8.40. The first kappa shape index (κ1) is 6.30. The second kappa shape index (κ2) is 2.65. The fourth-order valence-corrected chi connectivity index (χ4v) is 1.58. The highest BCUT2D eigenvalue weighted by Gasteiger charge is 2.18. The number of nitrogens with zero attached hydrogens (tertiary/aromatic N) is 2. The Morgan fingerprint density at radius 2 is 2.50 bits per heavy atom. The van der Waals surface area contributed by atoms with E-state index in [1.807, 2.05) is 0 Å². The van der Waals surface area contributed by atoms with E-state index in [-0.39, 0.29) is 0 Å². The van der Waals surface area contributed by atoms with Gasteiger partial charge in [0.05, 0.1) is 12.0 Å². The lowest BCUT2D eigenvalue weighted by atomic mass is 10.2. The average Bonchev–Trinajstić information content (AvgIpc) is 2.14. The molecule has 0 saturated carbocycles. The summed E-state index contributed by atoms with van der Waals surface area (Å²) in [6.45, 7) is 2.04. The van der Waals surface area contributed by atoms with E-state index in [0.717, 1.165) is 19.5 Å². The van der Waals surface area contributed by atoms with E-state index in [1.54, 1.807) is 0 Å². The smallest absolute Gasteiger partial charge is 0.0670 e. The van der Waals surface area contributed by atoms with Crippen molar-refractivity contribution in [3.05, 3.63) is 0 Å². The van der Waals surface area contributed by atoms with E-state index in [4.69, 9.17) is 5.26 Å². The van der Waals surface area contributed by atoms with Crippen LogP contribution in [0.25, 0.3) is 0 Å². The molecule has 1 aliphatic rings. The van der Waals surface area contributed by atoms with Crippen molar-refractivity contribution < 1.29 is 0 Å². The van der Waals surface area contributed by atoms with Crippen LogP contribution in [0.1, 0.15) is 6.42 Å². The Balaban J connectivity index is 2.35. The summed E-state index contributed by atoms with van der Waals surface area (Å²) in [4.78, 5) is 0. The van der Waals surface area contributed by atoms with Gasteiger partial charge < -0.3 is 0 Å². The zero-order chi connectivity index (χ0) is 5.98. The molecule has 44 valence electrons. The normalized spacial score (nSPS) is 30.2. The van der Waals surface area contributed by atoms with Gasteiger partial charge in [0.15, 0.2) is 0 Å². The Morgan fingerprint density at radius 3 is 2.75 bits per heavy atom. The van der Waals surface area contributed by atoms with E-state index < -0.39 is 0 Å². The van der Waals surface area contributed by atoms with Gasteiger partial charge in [-0.15, -0.1) is 0 Å². The highest BCUT2D eigenvalue weighted by atomic mass is 127. The first-order valence-corrected chi connectivity index (χ1v) is 3.60. The summed E-state index contributed by atoms with van der Waals surface area (Å²) in [6, 6.07) is 2.25. The maximum Gasteiger partial charge on any atom is 0.0670 e. The van der Waals surface area contributed by atoms with Gasteiger partial charge in [0, 0.05) is 36.0 Å². The molecule has 0 aromatic carbocycles. The Bertz CT molecular complexity index is 118. The van der Waals surface area contributed by atoms with Crippen molar-refractivity contribution >= 4 is 22.9 Å². The van der Waals surface area contributed by atoms with Crippen LogP contribution in [0.5, 0.6) is 0 Å². The highest BCUT2D eigenvalue weighted by molar-refractivity contribution is 14.1. The molecule has 0 radical (unpaired) electrons. The van der Waals surface area contributed by atoms with Crippen LogP contribution in [0.15, 0.2) is 0 Å². The molecule has 1 aliphatic heterocycles. The molecular formula is C5H7IN2. The lowest BCUT2D eigenvalue weighted by molar-refractivity contribution is 0.615. The predicted octanol–water partition coefficient (Wildman–Crippen LogP) is 1.18. The largest absolute Gasteiger partial charge is 0.246 e. The summed E-state index contributed by atoms with van der Waals surface area (Å²) in [7, 11) is 0. The Morgan fingerprint density at radius 1 is 1.75 bits per heavy atom. The molecule has 0 amide bonds. The van der Waals surface area contributed by atoms with Crippen LogP contribution in [-0.4, -0.2) is 16.2 Å². The number of hydrogen-bond donors (Lipinski definition) is 0. The molecule has 1 atom stereocenters. The first-order valence-electron chi connectivity index (χ1n) is 2.63. The predicted molar refractivity (Wildman–Crippen MR) is 39.3 cm³/mol. The van der Waals surface area contributed by atoms with E-state index in [0.29, 0.717) is 5.92 Å². The highest BCUT2D eigenvalue weighted by Crippen LogP contribution is 2.17. The third-order valence-electron chi connectivity index (χ3n) is 1.32. The number of rotatable bonds is 0. The van der Waals surface area contributed by atoms with Crippen LogP contribution in [0, 0.1) is 17.2 Å². The third kappa shape index (κ3) is 1.33. The molecule has 0 aromatic heterocycles. The number of nitriles is 1. The van der Waals surface area contributed by atoms with Crippen molar-refractivity contribution in [1.82, 2.24) is 3.11 Å². The fourth-order valence-electron chi connectivity index (χ4n) is 0.823. The zero-order valence-electron chi connectivity index (χ0n) is 4.47. The van der Waals surface area contributed by atoms with E-state index in [1.165, 1.54) is 0 Å². The molecule has 1 saturated heterocycles. The molecule has 0 aromatic rings. The molecule has 1 fully saturated rings. The van der Waals surface area contributed by atoms with Crippen LogP contribution in [0.2, 0.25) is 0 Å². The van der Waals surface area contributed by atoms with Gasteiger partial charge in [-0.3, -0.25) is 0 Å². The van der Waals surface area contributed by atoms with Crippen LogP contribution in [0.4, 0.5) is 0 Å². The van der Waals surface area contributed by atoms with E-state index >= 15 is 0 Å². The SMILES string of the molecule is N#C[C@@H]1CCN(I)C1. The summed E-state index contributed by atoms with van der Waals surface area (Å²) >= 11 is 2.25. The minimum Gasteiger partial charge on any atom is -0.246 e. The summed E-state index contributed by atoms with van der Waals surface area (Å²) in [6.07, 6.45) is 1.06. The summed E-state index contributed by atoms with van der Waals surface area (Å²) in [5.41, 5.74) is 0. The van der Waals surface area contributed by atoms with Crippen LogP contribution < -0.4 is 0 Å². The van der Waals surface area contributed by atoms with Crippen LogP contribution >= 0.6 is 22.9 Å². The second-order valence-corrected chi connectivity index (χ2v) is 3.35.